The number of hydrogen-bond donors (Lipinski definition) is 3. The fraction of sp³-hybridized carbons (Fsp3) is 0.364. The van der Waals surface area contributed by atoms with Gasteiger partial charge < -0.3 is 25.4 Å². The molecule has 0 saturated carbocycles. The third kappa shape index (κ3) is 2.66. The zero-order valence-electron chi connectivity index (χ0n) is 9.64. The van der Waals surface area contributed by atoms with E-state index in [0.29, 0.717) is 11.3 Å². The minimum atomic E-state index is -1.14. The maximum atomic E-state index is 11.0. The number of carboxylic acid groups (broad SMARTS) is 1. The summed E-state index contributed by atoms with van der Waals surface area (Å²) in [6, 6.07) is 2.72. The second kappa shape index (κ2) is 5.51. The van der Waals surface area contributed by atoms with Gasteiger partial charge in [0.2, 0.25) is 0 Å². The molecule has 1 aromatic rings. The van der Waals surface area contributed by atoms with Crippen molar-refractivity contribution in [1.82, 2.24) is 0 Å². The zero-order valence-corrected chi connectivity index (χ0v) is 9.64. The Balaban J connectivity index is 3.38. The number of hydrogen-bond acceptors (Lipinski definition) is 5. The molecular weight excluding hydrogens is 226 g/mol. The van der Waals surface area contributed by atoms with Crippen LogP contribution in [0.25, 0.3) is 0 Å². The fourth-order valence-corrected chi connectivity index (χ4v) is 1.48. The van der Waals surface area contributed by atoms with Gasteiger partial charge in [-0.2, -0.15) is 0 Å². The number of benzene rings is 1. The van der Waals surface area contributed by atoms with Crippen LogP contribution in [0.2, 0.25) is 0 Å². The predicted octanol–water partition coefficient (Wildman–Crippen LogP) is 0.394. The Bertz CT molecular complexity index is 419. The predicted molar refractivity (Wildman–Crippen MR) is 60.5 cm³/mol. The van der Waals surface area contributed by atoms with Crippen LogP contribution in [0.4, 0.5) is 0 Å². The average Bonchev–Trinajstić information content (AvgIpc) is 2.35. The van der Waals surface area contributed by atoms with Crippen molar-refractivity contribution in [3.05, 3.63) is 23.3 Å². The summed E-state index contributed by atoms with van der Waals surface area (Å²) in [4.78, 5) is 11.0. The molecule has 0 aliphatic carbocycles. The van der Waals surface area contributed by atoms with Gasteiger partial charge in [-0.05, 0) is 6.07 Å². The van der Waals surface area contributed by atoms with Crippen molar-refractivity contribution in [3.8, 4) is 11.5 Å². The van der Waals surface area contributed by atoms with Crippen molar-refractivity contribution in [2.24, 2.45) is 5.73 Å². The van der Waals surface area contributed by atoms with Crippen LogP contribution in [0.1, 0.15) is 22.0 Å². The van der Waals surface area contributed by atoms with E-state index in [1.807, 2.05) is 0 Å². The first-order valence-electron chi connectivity index (χ1n) is 4.92. The van der Waals surface area contributed by atoms with Crippen LogP contribution >= 0.6 is 0 Å². The SMILES string of the molecule is COc1cc(OC)c(C(O)CN)cc1C(=O)O. The Morgan fingerprint density at radius 3 is 2.35 bits per heavy atom. The first kappa shape index (κ1) is 13.3. The molecule has 0 amide bonds. The van der Waals surface area contributed by atoms with Gasteiger partial charge in [0, 0.05) is 18.2 Å². The number of carboxylic acids is 1. The van der Waals surface area contributed by atoms with Crippen molar-refractivity contribution in [3.63, 3.8) is 0 Å². The zero-order chi connectivity index (χ0) is 13.0. The summed E-state index contributed by atoms with van der Waals surface area (Å²) in [5.74, 6) is -0.637. The number of aromatic carboxylic acids is 1. The van der Waals surface area contributed by atoms with E-state index in [1.165, 1.54) is 26.4 Å². The number of carbonyl (C=O) groups is 1. The molecule has 0 saturated heterocycles. The normalized spacial score (nSPS) is 12.0. The third-order valence-electron chi connectivity index (χ3n) is 2.36. The van der Waals surface area contributed by atoms with Gasteiger partial charge in [-0.15, -0.1) is 0 Å². The van der Waals surface area contributed by atoms with Gasteiger partial charge in [-0.3, -0.25) is 0 Å². The Morgan fingerprint density at radius 1 is 1.35 bits per heavy atom. The van der Waals surface area contributed by atoms with E-state index in [1.54, 1.807) is 0 Å². The lowest BCUT2D eigenvalue weighted by molar-refractivity contribution is 0.0693. The van der Waals surface area contributed by atoms with E-state index in [9.17, 15) is 9.90 Å². The van der Waals surface area contributed by atoms with Gasteiger partial charge in [0.25, 0.3) is 0 Å². The van der Waals surface area contributed by atoms with E-state index in [2.05, 4.69) is 0 Å². The summed E-state index contributed by atoms with van der Waals surface area (Å²) in [6.45, 7) is -0.0260. The van der Waals surface area contributed by atoms with Gasteiger partial charge in [0.1, 0.15) is 17.1 Å². The summed E-state index contributed by atoms with van der Waals surface area (Å²) < 4.78 is 10.0. The smallest absolute Gasteiger partial charge is 0.339 e. The fourth-order valence-electron chi connectivity index (χ4n) is 1.48. The van der Waals surface area contributed by atoms with E-state index in [-0.39, 0.29) is 17.9 Å². The topological polar surface area (TPSA) is 102 Å². The quantitative estimate of drug-likeness (QED) is 0.689. The molecular formula is C11H15NO5. The van der Waals surface area contributed by atoms with E-state index in [4.69, 9.17) is 20.3 Å². The minimum Gasteiger partial charge on any atom is -0.496 e. The van der Waals surface area contributed by atoms with Crippen molar-refractivity contribution >= 4 is 5.97 Å². The molecule has 0 bridgehead atoms. The highest BCUT2D eigenvalue weighted by molar-refractivity contribution is 5.91. The molecule has 0 aromatic heterocycles. The Morgan fingerprint density at radius 2 is 1.94 bits per heavy atom. The third-order valence-corrected chi connectivity index (χ3v) is 2.36. The van der Waals surface area contributed by atoms with Crippen molar-refractivity contribution in [2.75, 3.05) is 20.8 Å². The lowest BCUT2D eigenvalue weighted by Crippen LogP contribution is -2.14. The summed E-state index contributed by atoms with van der Waals surface area (Å²) >= 11 is 0. The minimum absolute atomic E-state index is 0.0260. The summed E-state index contributed by atoms with van der Waals surface area (Å²) in [5.41, 5.74) is 5.62. The molecule has 0 aliphatic heterocycles. The van der Waals surface area contributed by atoms with Crippen LogP contribution < -0.4 is 15.2 Å². The summed E-state index contributed by atoms with van der Waals surface area (Å²) in [6.07, 6.45) is -0.978. The molecule has 17 heavy (non-hydrogen) atoms. The molecule has 0 spiro atoms. The Hall–Kier alpha value is -1.79. The lowest BCUT2D eigenvalue weighted by Gasteiger charge is -2.16. The monoisotopic (exact) mass is 241 g/mol. The van der Waals surface area contributed by atoms with Crippen LogP contribution in [0.5, 0.6) is 11.5 Å². The summed E-state index contributed by atoms with van der Waals surface area (Å²) in [5, 5.41) is 18.7. The first-order chi connectivity index (χ1) is 8.04. The second-order valence-corrected chi connectivity index (χ2v) is 3.35. The van der Waals surface area contributed by atoms with Gasteiger partial charge in [-0.1, -0.05) is 0 Å². The lowest BCUT2D eigenvalue weighted by atomic mass is 10.0. The number of methoxy groups -OCH3 is 2. The highest BCUT2D eigenvalue weighted by Gasteiger charge is 2.19. The number of rotatable bonds is 5. The summed E-state index contributed by atoms with van der Waals surface area (Å²) in [7, 11) is 2.78. The van der Waals surface area contributed by atoms with Crippen LogP contribution in [-0.4, -0.2) is 36.9 Å². The number of aliphatic hydroxyl groups is 1. The molecule has 1 aromatic carbocycles. The molecule has 4 N–H and O–H groups in total. The van der Waals surface area contributed by atoms with Crippen LogP contribution in [-0.2, 0) is 0 Å². The van der Waals surface area contributed by atoms with Crippen molar-refractivity contribution < 1.29 is 24.5 Å². The molecule has 1 atom stereocenters. The van der Waals surface area contributed by atoms with E-state index in [0.717, 1.165) is 0 Å². The molecule has 94 valence electrons. The number of nitrogens with two attached hydrogens (primary N) is 1. The first-order valence-corrected chi connectivity index (χ1v) is 4.92. The molecule has 0 fully saturated rings. The van der Waals surface area contributed by atoms with Crippen LogP contribution in [0, 0.1) is 0 Å². The highest BCUT2D eigenvalue weighted by Crippen LogP contribution is 2.32. The molecule has 0 heterocycles. The van der Waals surface area contributed by atoms with Gasteiger partial charge in [-0.25, -0.2) is 4.79 Å². The highest BCUT2D eigenvalue weighted by atomic mass is 16.5. The van der Waals surface area contributed by atoms with Crippen molar-refractivity contribution in [2.45, 2.75) is 6.10 Å². The maximum absolute atomic E-state index is 11.0. The van der Waals surface area contributed by atoms with Gasteiger partial charge >= 0.3 is 5.97 Å². The Kier molecular flexibility index (Phi) is 4.30. The van der Waals surface area contributed by atoms with Gasteiger partial charge in [0.15, 0.2) is 0 Å². The van der Waals surface area contributed by atoms with Crippen LogP contribution in [0.3, 0.4) is 0 Å². The van der Waals surface area contributed by atoms with Crippen molar-refractivity contribution in [1.29, 1.82) is 0 Å². The molecule has 1 rings (SSSR count). The largest absolute Gasteiger partial charge is 0.496 e. The second-order valence-electron chi connectivity index (χ2n) is 3.35. The molecule has 1 unspecified atom stereocenters. The average molecular weight is 241 g/mol. The number of aliphatic hydroxyl groups excluding tert-OH is 1. The molecule has 0 radical (unpaired) electrons. The molecule has 6 nitrogen and oxygen atoms in total. The molecule has 0 aliphatic rings. The van der Waals surface area contributed by atoms with Crippen LogP contribution in [0.15, 0.2) is 12.1 Å². The standard InChI is InChI=1S/C11H15NO5/c1-16-9-4-10(17-2)7(11(14)15)3-6(9)8(13)5-12/h3-4,8,13H,5,12H2,1-2H3,(H,14,15). The van der Waals surface area contributed by atoms with E-state index < -0.39 is 12.1 Å². The van der Waals surface area contributed by atoms with Gasteiger partial charge in [0.05, 0.1) is 20.3 Å². The maximum Gasteiger partial charge on any atom is 0.339 e. The van der Waals surface area contributed by atoms with E-state index >= 15 is 0 Å². The molecule has 6 heteroatoms. The Labute approximate surface area is 98.6 Å². The number of ether oxygens (including phenoxy) is 2.